The average Bonchev–Trinajstić information content (AvgIpc) is 2.63. The van der Waals surface area contributed by atoms with Crippen LogP contribution in [0, 0.1) is 5.92 Å². The summed E-state index contributed by atoms with van der Waals surface area (Å²) in [6, 6.07) is 10.7. The Balaban J connectivity index is 1.82. The summed E-state index contributed by atoms with van der Waals surface area (Å²) in [7, 11) is 0. The SMILES string of the molecule is Cl[C@H]1CCC[C@H]1CCc1ccccc1. The molecule has 0 unspecified atom stereocenters. The molecule has 2 rings (SSSR count). The predicted octanol–water partition coefficient (Wildman–Crippen LogP) is 4.03. The van der Waals surface area contributed by atoms with Crippen molar-refractivity contribution in [3.05, 3.63) is 35.9 Å². The summed E-state index contributed by atoms with van der Waals surface area (Å²) in [6.07, 6.45) is 6.34. The number of hydrogen-bond acceptors (Lipinski definition) is 0. The second-order valence-corrected chi connectivity index (χ2v) is 4.79. The second kappa shape index (κ2) is 4.84. The summed E-state index contributed by atoms with van der Waals surface area (Å²) >= 11 is 6.24. The van der Waals surface area contributed by atoms with E-state index in [1.165, 1.54) is 37.7 Å². The van der Waals surface area contributed by atoms with Gasteiger partial charge in [-0.15, -0.1) is 11.6 Å². The molecule has 2 atom stereocenters. The molecular formula is C13H17Cl. The molecular weight excluding hydrogens is 192 g/mol. The highest BCUT2D eigenvalue weighted by molar-refractivity contribution is 6.20. The Bertz CT molecular complexity index is 268. The normalized spacial score (nSPS) is 26.6. The zero-order valence-corrected chi connectivity index (χ0v) is 9.21. The number of alkyl halides is 1. The van der Waals surface area contributed by atoms with E-state index in [0.717, 1.165) is 5.92 Å². The first-order chi connectivity index (χ1) is 6.86. The molecule has 0 aromatic heterocycles. The van der Waals surface area contributed by atoms with Crippen LogP contribution in [0.1, 0.15) is 31.2 Å². The lowest BCUT2D eigenvalue weighted by Gasteiger charge is -2.12. The van der Waals surface area contributed by atoms with Crippen molar-refractivity contribution in [2.24, 2.45) is 5.92 Å². The highest BCUT2D eigenvalue weighted by atomic mass is 35.5. The van der Waals surface area contributed by atoms with Crippen molar-refractivity contribution in [1.82, 2.24) is 0 Å². The molecule has 0 spiro atoms. The molecule has 0 amide bonds. The van der Waals surface area contributed by atoms with Crippen molar-refractivity contribution >= 4 is 11.6 Å². The Morgan fingerprint density at radius 1 is 1.14 bits per heavy atom. The van der Waals surface area contributed by atoms with Crippen LogP contribution < -0.4 is 0 Å². The van der Waals surface area contributed by atoms with Gasteiger partial charge < -0.3 is 0 Å². The minimum Gasteiger partial charge on any atom is -0.123 e. The Morgan fingerprint density at radius 3 is 2.57 bits per heavy atom. The summed E-state index contributed by atoms with van der Waals surface area (Å²) in [4.78, 5) is 0. The van der Waals surface area contributed by atoms with Gasteiger partial charge >= 0.3 is 0 Å². The van der Waals surface area contributed by atoms with Gasteiger partial charge in [0, 0.05) is 5.38 Å². The van der Waals surface area contributed by atoms with Gasteiger partial charge in [-0.1, -0.05) is 36.8 Å². The predicted molar refractivity (Wildman–Crippen MR) is 61.7 cm³/mol. The average molecular weight is 209 g/mol. The monoisotopic (exact) mass is 208 g/mol. The highest BCUT2D eigenvalue weighted by Gasteiger charge is 2.24. The lowest BCUT2D eigenvalue weighted by atomic mass is 9.98. The van der Waals surface area contributed by atoms with Gasteiger partial charge in [-0.25, -0.2) is 0 Å². The Hall–Kier alpha value is -0.490. The largest absolute Gasteiger partial charge is 0.123 e. The van der Waals surface area contributed by atoms with Crippen LogP contribution in [0.15, 0.2) is 30.3 Å². The van der Waals surface area contributed by atoms with E-state index in [4.69, 9.17) is 11.6 Å². The molecule has 0 bridgehead atoms. The minimum atomic E-state index is 0.443. The summed E-state index contributed by atoms with van der Waals surface area (Å²) in [6.45, 7) is 0. The van der Waals surface area contributed by atoms with E-state index in [1.54, 1.807) is 0 Å². The van der Waals surface area contributed by atoms with E-state index in [1.807, 2.05) is 0 Å². The van der Waals surface area contributed by atoms with Crippen molar-refractivity contribution < 1.29 is 0 Å². The zero-order chi connectivity index (χ0) is 9.80. The van der Waals surface area contributed by atoms with Crippen LogP contribution in [0.3, 0.4) is 0 Å². The summed E-state index contributed by atoms with van der Waals surface area (Å²) in [5.74, 6) is 0.761. The molecule has 1 saturated carbocycles. The van der Waals surface area contributed by atoms with Crippen molar-refractivity contribution in [2.75, 3.05) is 0 Å². The molecule has 1 aliphatic rings. The first kappa shape index (κ1) is 10.0. The van der Waals surface area contributed by atoms with E-state index >= 15 is 0 Å². The van der Waals surface area contributed by atoms with E-state index in [0.29, 0.717) is 5.38 Å². The molecule has 0 radical (unpaired) electrons. The van der Waals surface area contributed by atoms with Gasteiger partial charge in [0.1, 0.15) is 0 Å². The highest BCUT2D eigenvalue weighted by Crippen LogP contribution is 2.33. The Labute approximate surface area is 91.3 Å². The van der Waals surface area contributed by atoms with Crippen LogP contribution in [-0.2, 0) is 6.42 Å². The third-order valence-electron chi connectivity index (χ3n) is 3.21. The Morgan fingerprint density at radius 2 is 1.93 bits per heavy atom. The van der Waals surface area contributed by atoms with Gasteiger partial charge in [-0.2, -0.15) is 0 Å². The first-order valence-corrected chi connectivity index (χ1v) is 5.98. The molecule has 1 aliphatic carbocycles. The molecule has 1 fully saturated rings. The fourth-order valence-electron chi connectivity index (χ4n) is 2.31. The van der Waals surface area contributed by atoms with Crippen LogP contribution in [-0.4, -0.2) is 5.38 Å². The molecule has 1 heteroatoms. The van der Waals surface area contributed by atoms with E-state index in [9.17, 15) is 0 Å². The number of halogens is 1. The first-order valence-electron chi connectivity index (χ1n) is 5.54. The van der Waals surface area contributed by atoms with Gasteiger partial charge in [-0.05, 0) is 37.2 Å². The lowest BCUT2D eigenvalue weighted by Crippen LogP contribution is -2.07. The van der Waals surface area contributed by atoms with Crippen LogP contribution in [0.4, 0.5) is 0 Å². The summed E-state index contributed by atoms with van der Waals surface area (Å²) in [5.41, 5.74) is 1.45. The number of hydrogen-bond donors (Lipinski definition) is 0. The zero-order valence-electron chi connectivity index (χ0n) is 8.45. The van der Waals surface area contributed by atoms with Gasteiger partial charge in [0.2, 0.25) is 0 Å². The van der Waals surface area contributed by atoms with Crippen LogP contribution >= 0.6 is 11.6 Å². The fourth-order valence-corrected chi connectivity index (χ4v) is 2.72. The molecule has 0 aliphatic heterocycles. The molecule has 0 heterocycles. The quantitative estimate of drug-likeness (QED) is 0.658. The van der Waals surface area contributed by atoms with Gasteiger partial charge in [0.25, 0.3) is 0 Å². The van der Waals surface area contributed by atoms with Gasteiger partial charge in [0.15, 0.2) is 0 Å². The number of benzene rings is 1. The maximum absolute atomic E-state index is 6.24. The maximum atomic E-state index is 6.24. The number of aryl methyl sites for hydroxylation is 1. The van der Waals surface area contributed by atoms with E-state index in [-0.39, 0.29) is 0 Å². The smallest absolute Gasteiger partial charge is 0.0364 e. The molecule has 0 nitrogen and oxygen atoms in total. The standard InChI is InChI=1S/C13H17Cl/c14-13-8-4-7-12(13)10-9-11-5-2-1-3-6-11/h1-3,5-6,12-13H,4,7-10H2/t12-,13-/m0/s1. The maximum Gasteiger partial charge on any atom is 0.0364 e. The number of rotatable bonds is 3. The molecule has 76 valence electrons. The Kier molecular flexibility index (Phi) is 3.47. The lowest BCUT2D eigenvalue weighted by molar-refractivity contribution is 0.509. The fraction of sp³-hybridized carbons (Fsp3) is 0.538. The van der Waals surface area contributed by atoms with Gasteiger partial charge in [0.05, 0.1) is 0 Å². The van der Waals surface area contributed by atoms with E-state index in [2.05, 4.69) is 30.3 Å². The van der Waals surface area contributed by atoms with Crippen LogP contribution in [0.25, 0.3) is 0 Å². The van der Waals surface area contributed by atoms with Crippen molar-refractivity contribution in [1.29, 1.82) is 0 Å². The topological polar surface area (TPSA) is 0 Å². The second-order valence-electron chi connectivity index (χ2n) is 4.23. The van der Waals surface area contributed by atoms with Gasteiger partial charge in [-0.3, -0.25) is 0 Å². The molecule has 0 N–H and O–H groups in total. The summed E-state index contributed by atoms with van der Waals surface area (Å²) in [5, 5.41) is 0.443. The van der Waals surface area contributed by atoms with Crippen molar-refractivity contribution in [3.63, 3.8) is 0 Å². The minimum absolute atomic E-state index is 0.443. The molecule has 1 aromatic carbocycles. The van der Waals surface area contributed by atoms with Crippen LogP contribution in [0.5, 0.6) is 0 Å². The molecule has 0 saturated heterocycles. The van der Waals surface area contributed by atoms with Crippen molar-refractivity contribution in [3.8, 4) is 0 Å². The third kappa shape index (κ3) is 2.51. The summed E-state index contributed by atoms with van der Waals surface area (Å²) < 4.78 is 0. The third-order valence-corrected chi connectivity index (χ3v) is 3.79. The van der Waals surface area contributed by atoms with Crippen LogP contribution in [0.2, 0.25) is 0 Å². The molecule has 1 aromatic rings. The molecule has 14 heavy (non-hydrogen) atoms. The van der Waals surface area contributed by atoms with Crippen molar-refractivity contribution in [2.45, 2.75) is 37.5 Å². The van der Waals surface area contributed by atoms with E-state index < -0.39 is 0 Å².